The molecule has 1 N–H and O–H groups in total. The minimum atomic E-state index is -0.726. The predicted molar refractivity (Wildman–Crippen MR) is 66.7 cm³/mol. The van der Waals surface area contributed by atoms with Crippen molar-refractivity contribution in [2.45, 2.75) is 25.8 Å². The number of hydrogen-bond acceptors (Lipinski definition) is 2. The van der Waals surface area contributed by atoms with Crippen LogP contribution in [0.3, 0.4) is 0 Å². The second kappa shape index (κ2) is 5.48. The summed E-state index contributed by atoms with van der Waals surface area (Å²) in [6.07, 6.45) is 1.17. The van der Waals surface area contributed by atoms with Crippen molar-refractivity contribution in [1.29, 1.82) is 0 Å². The molecule has 2 unspecified atom stereocenters. The SMILES string of the molecule is CC(c1ccc(F)cc1)N1CCC(CC(=O)O)C1. The highest BCUT2D eigenvalue weighted by Crippen LogP contribution is 2.28. The average Bonchev–Trinajstić information content (AvgIpc) is 2.76. The molecule has 1 saturated heterocycles. The normalized spacial score (nSPS) is 22.0. The number of halogens is 1. The van der Waals surface area contributed by atoms with Crippen LogP contribution in [0.4, 0.5) is 4.39 Å². The second-order valence-electron chi connectivity index (χ2n) is 4.98. The summed E-state index contributed by atoms with van der Waals surface area (Å²) in [7, 11) is 0. The molecule has 0 bridgehead atoms. The Balaban J connectivity index is 1.96. The van der Waals surface area contributed by atoms with E-state index in [0.29, 0.717) is 0 Å². The Morgan fingerprint density at radius 3 is 2.78 bits per heavy atom. The maximum atomic E-state index is 12.9. The van der Waals surface area contributed by atoms with Gasteiger partial charge in [0.2, 0.25) is 0 Å². The standard InChI is InChI=1S/C14H18FNO2/c1-10(12-2-4-13(15)5-3-12)16-7-6-11(9-16)8-14(17)18/h2-5,10-11H,6-9H2,1H3,(H,17,18). The average molecular weight is 251 g/mol. The van der Waals surface area contributed by atoms with Crippen molar-refractivity contribution in [3.63, 3.8) is 0 Å². The molecular weight excluding hydrogens is 233 g/mol. The van der Waals surface area contributed by atoms with Gasteiger partial charge in [0.05, 0.1) is 0 Å². The van der Waals surface area contributed by atoms with Gasteiger partial charge in [-0.3, -0.25) is 9.69 Å². The van der Waals surface area contributed by atoms with Crippen LogP contribution in [0.1, 0.15) is 31.4 Å². The third kappa shape index (κ3) is 3.07. The van der Waals surface area contributed by atoms with Crippen LogP contribution in [0.2, 0.25) is 0 Å². The van der Waals surface area contributed by atoms with Gasteiger partial charge in [0.25, 0.3) is 0 Å². The largest absolute Gasteiger partial charge is 0.481 e. The fourth-order valence-corrected chi connectivity index (χ4v) is 2.58. The van der Waals surface area contributed by atoms with Gasteiger partial charge in [-0.15, -0.1) is 0 Å². The summed E-state index contributed by atoms with van der Waals surface area (Å²) in [6.45, 7) is 3.80. The van der Waals surface area contributed by atoms with E-state index in [4.69, 9.17) is 5.11 Å². The minimum Gasteiger partial charge on any atom is -0.481 e. The Morgan fingerprint density at radius 1 is 1.50 bits per heavy atom. The first-order valence-electron chi connectivity index (χ1n) is 6.27. The fourth-order valence-electron chi connectivity index (χ4n) is 2.58. The molecule has 1 fully saturated rings. The van der Waals surface area contributed by atoms with Gasteiger partial charge < -0.3 is 5.11 Å². The van der Waals surface area contributed by atoms with E-state index in [1.54, 1.807) is 12.1 Å². The highest BCUT2D eigenvalue weighted by Gasteiger charge is 2.27. The van der Waals surface area contributed by atoms with E-state index in [-0.39, 0.29) is 24.2 Å². The summed E-state index contributed by atoms with van der Waals surface area (Å²) in [5.41, 5.74) is 1.08. The number of likely N-dealkylation sites (tertiary alicyclic amines) is 1. The molecule has 1 aliphatic heterocycles. The van der Waals surface area contributed by atoms with Crippen LogP contribution in [0.15, 0.2) is 24.3 Å². The molecule has 0 radical (unpaired) electrons. The monoisotopic (exact) mass is 251 g/mol. The molecular formula is C14H18FNO2. The minimum absolute atomic E-state index is 0.212. The number of aliphatic carboxylic acids is 1. The number of carboxylic acid groups (broad SMARTS) is 1. The van der Waals surface area contributed by atoms with Crippen LogP contribution in [-0.2, 0) is 4.79 Å². The van der Waals surface area contributed by atoms with E-state index in [1.807, 2.05) is 0 Å². The molecule has 1 aromatic carbocycles. The fraction of sp³-hybridized carbons (Fsp3) is 0.500. The molecule has 2 atom stereocenters. The second-order valence-corrected chi connectivity index (χ2v) is 4.98. The van der Waals surface area contributed by atoms with Gasteiger partial charge in [0, 0.05) is 19.0 Å². The first-order valence-corrected chi connectivity index (χ1v) is 6.27. The highest BCUT2D eigenvalue weighted by atomic mass is 19.1. The number of rotatable bonds is 4. The highest BCUT2D eigenvalue weighted by molar-refractivity contribution is 5.67. The van der Waals surface area contributed by atoms with Crippen LogP contribution < -0.4 is 0 Å². The van der Waals surface area contributed by atoms with E-state index >= 15 is 0 Å². The molecule has 1 heterocycles. The number of carbonyl (C=O) groups is 1. The molecule has 98 valence electrons. The van der Waals surface area contributed by atoms with E-state index in [9.17, 15) is 9.18 Å². The van der Waals surface area contributed by atoms with Gasteiger partial charge in [-0.2, -0.15) is 0 Å². The van der Waals surface area contributed by atoms with E-state index in [1.165, 1.54) is 12.1 Å². The summed E-state index contributed by atoms with van der Waals surface area (Å²) in [5.74, 6) is -0.710. The molecule has 2 rings (SSSR count). The maximum absolute atomic E-state index is 12.9. The number of hydrogen-bond donors (Lipinski definition) is 1. The van der Waals surface area contributed by atoms with Gasteiger partial charge in [0.15, 0.2) is 0 Å². The van der Waals surface area contributed by atoms with Crippen molar-refractivity contribution in [2.24, 2.45) is 5.92 Å². The molecule has 0 saturated carbocycles. The van der Waals surface area contributed by atoms with Crippen LogP contribution >= 0.6 is 0 Å². The number of carboxylic acids is 1. The van der Waals surface area contributed by atoms with Gasteiger partial charge in [0.1, 0.15) is 5.82 Å². The quantitative estimate of drug-likeness (QED) is 0.894. The lowest BCUT2D eigenvalue weighted by Crippen LogP contribution is -2.25. The smallest absolute Gasteiger partial charge is 0.303 e. The molecule has 3 nitrogen and oxygen atoms in total. The van der Waals surface area contributed by atoms with Crippen molar-refractivity contribution < 1.29 is 14.3 Å². The molecule has 18 heavy (non-hydrogen) atoms. The summed E-state index contributed by atoms with van der Waals surface area (Å²) in [5, 5.41) is 8.79. The number of benzene rings is 1. The summed E-state index contributed by atoms with van der Waals surface area (Å²) >= 11 is 0. The maximum Gasteiger partial charge on any atom is 0.303 e. The van der Waals surface area contributed by atoms with Crippen LogP contribution in [0.25, 0.3) is 0 Å². The molecule has 1 aromatic rings. The molecule has 0 aliphatic carbocycles. The summed E-state index contributed by atoms with van der Waals surface area (Å²) < 4.78 is 12.9. The molecule has 0 amide bonds. The van der Waals surface area contributed by atoms with Crippen molar-refractivity contribution in [3.05, 3.63) is 35.6 Å². The zero-order valence-electron chi connectivity index (χ0n) is 10.5. The van der Waals surface area contributed by atoms with Crippen LogP contribution in [-0.4, -0.2) is 29.1 Å². The lowest BCUT2D eigenvalue weighted by molar-refractivity contribution is -0.138. The van der Waals surface area contributed by atoms with Crippen molar-refractivity contribution in [2.75, 3.05) is 13.1 Å². The van der Waals surface area contributed by atoms with Crippen molar-refractivity contribution >= 4 is 5.97 Å². The first-order chi connectivity index (χ1) is 8.56. The zero-order chi connectivity index (χ0) is 13.1. The van der Waals surface area contributed by atoms with Gasteiger partial charge in [-0.1, -0.05) is 12.1 Å². The predicted octanol–water partition coefficient (Wildman–Crippen LogP) is 2.68. The molecule has 0 aromatic heterocycles. The van der Waals surface area contributed by atoms with Crippen LogP contribution in [0.5, 0.6) is 0 Å². The van der Waals surface area contributed by atoms with Gasteiger partial charge in [-0.25, -0.2) is 4.39 Å². The Labute approximate surface area is 106 Å². The lowest BCUT2D eigenvalue weighted by Gasteiger charge is -2.24. The van der Waals surface area contributed by atoms with Crippen molar-refractivity contribution in [3.8, 4) is 0 Å². The van der Waals surface area contributed by atoms with Gasteiger partial charge in [-0.05, 0) is 43.5 Å². The Morgan fingerprint density at radius 2 is 2.17 bits per heavy atom. The van der Waals surface area contributed by atoms with E-state index in [0.717, 1.165) is 25.1 Å². The summed E-state index contributed by atoms with van der Waals surface area (Å²) in [4.78, 5) is 12.9. The van der Waals surface area contributed by atoms with Crippen molar-refractivity contribution in [1.82, 2.24) is 4.90 Å². The Kier molecular flexibility index (Phi) is 3.97. The zero-order valence-corrected chi connectivity index (χ0v) is 10.5. The van der Waals surface area contributed by atoms with Gasteiger partial charge >= 0.3 is 5.97 Å². The third-order valence-electron chi connectivity index (χ3n) is 3.68. The molecule has 1 aliphatic rings. The lowest BCUT2D eigenvalue weighted by atomic mass is 10.1. The molecule has 0 spiro atoms. The first kappa shape index (κ1) is 13.0. The Bertz CT molecular complexity index is 418. The number of nitrogens with zero attached hydrogens (tertiary/aromatic N) is 1. The van der Waals surface area contributed by atoms with E-state index < -0.39 is 5.97 Å². The van der Waals surface area contributed by atoms with Crippen LogP contribution in [0, 0.1) is 11.7 Å². The topological polar surface area (TPSA) is 40.5 Å². The summed E-state index contributed by atoms with van der Waals surface area (Å²) in [6, 6.07) is 6.74. The Hall–Kier alpha value is -1.42. The third-order valence-corrected chi connectivity index (χ3v) is 3.68. The van der Waals surface area contributed by atoms with E-state index in [2.05, 4.69) is 11.8 Å². The molecule has 4 heteroatoms.